The number of halogens is 1. The second kappa shape index (κ2) is 7.58. The quantitative estimate of drug-likeness (QED) is 0.744. The summed E-state index contributed by atoms with van der Waals surface area (Å²) >= 11 is 5.97. The van der Waals surface area contributed by atoms with Crippen LogP contribution >= 0.6 is 11.6 Å². The monoisotopic (exact) mass is 325 g/mol. The number of amides is 2. The number of morpholine rings is 1. The van der Waals surface area contributed by atoms with E-state index in [1.165, 1.54) is 0 Å². The van der Waals surface area contributed by atoms with Gasteiger partial charge < -0.3 is 21.1 Å². The standard InChI is InChI=1S/C15H20ClN3O3/c1-9-14(18-5-6-22-9)15(21)19-12(8-13(17)20)10-3-2-4-11(16)7-10/h2-4,7,9,12,14,18H,5-6,8H2,1H3,(H2,17,20)(H,19,21)/t9-,12-,14+/m1/s1. The molecule has 4 N–H and O–H groups in total. The van der Waals surface area contributed by atoms with E-state index < -0.39 is 18.0 Å². The number of nitrogens with one attached hydrogen (secondary N) is 2. The number of rotatable bonds is 5. The number of primary amides is 1. The maximum Gasteiger partial charge on any atom is 0.240 e. The largest absolute Gasteiger partial charge is 0.375 e. The van der Waals surface area contributed by atoms with Crippen molar-refractivity contribution in [3.05, 3.63) is 34.9 Å². The van der Waals surface area contributed by atoms with Crippen molar-refractivity contribution in [3.63, 3.8) is 0 Å². The van der Waals surface area contributed by atoms with E-state index in [-0.39, 0.29) is 18.4 Å². The molecule has 22 heavy (non-hydrogen) atoms. The summed E-state index contributed by atoms with van der Waals surface area (Å²) in [6, 6.07) is 6.04. The number of carbonyl (C=O) groups is 2. The molecule has 0 spiro atoms. The van der Waals surface area contributed by atoms with Gasteiger partial charge in [0.25, 0.3) is 0 Å². The van der Waals surface area contributed by atoms with Gasteiger partial charge in [0.1, 0.15) is 6.04 Å². The summed E-state index contributed by atoms with van der Waals surface area (Å²) in [7, 11) is 0. The molecule has 1 aliphatic heterocycles. The van der Waals surface area contributed by atoms with E-state index in [1.54, 1.807) is 24.3 Å². The lowest BCUT2D eigenvalue weighted by atomic mass is 10.0. The topological polar surface area (TPSA) is 93.4 Å². The maximum atomic E-state index is 12.4. The average molecular weight is 326 g/mol. The van der Waals surface area contributed by atoms with Crippen LogP contribution < -0.4 is 16.4 Å². The number of carbonyl (C=O) groups excluding carboxylic acids is 2. The molecular formula is C15H20ClN3O3. The number of hydrogen-bond acceptors (Lipinski definition) is 4. The highest BCUT2D eigenvalue weighted by Gasteiger charge is 2.30. The van der Waals surface area contributed by atoms with E-state index in [0.29, 0.717) is 18.2 Å². The molecule has 0 radical (unpaired) electrons. The van der Waals surface area contributed by atoms with Gasteiger partial charge in [-0.2, -0.15) is 0 Å². The van der Waals surface area contributed by atoms with Gasteiger partial charge in [-0.05, 0) is 24.6 Å². The molecule has 120 valence electrons. The first-order valence-electron chi connectivity index (χ1n) is 7.16. The first kappa shape index (κ1) is 16.7. The van der Waals surface area contributed by atoms with Gasteiger partial charge in [0.2, 0.25) is 11.8 Å². The molecule has 2 amide bonds. The highest BCUT2D eigenvalue weighted by Crippen LogP contribution is 2.21. The van der Waals surface area contributed by atoms with Gasteiger partial charge in [-0.3, -0.25) is 9.59 Å². The third kappa shape index (κ3) is 4.43. The van der Waals surface area contributed by atoms with Crippen molar-refractivity contribution in [3.8, 4) is 0 Å². The van der Waals surface area contributed by atoms with Gasteiger partial charge >= 0.3 is 0 Å². The Morgan fingerprint density at radius 2 is 2.32 bits per heavy atom. The van der Waals surface area contributed by atoms with E-state index in [0.717, 1.165) is 5.56 Å². The van der Waals surface area contributed by atoms with Gasteiger partial charge in [0.15, 0.2) is 0 Å². The lowest BCUT2D eigenvalue weighted by Gasteiger charge is -2.30. The van der Waals surface area contributed by atoms with Crippen molar-refractivity contribution in [2.45, 2.75) is 31.5 Å². The average Bonchev–Trinajstić information content (AvgIpc) is 2.46. The highest BCUT2D eigenvalue weighted by atomic mass is 35.5. The van der Waals surface area contributed by atoms with Gasteiger partial charge in [-0.1, -0.05) is 23.7 Å². The number of ether oxygens (including phenoxy) is 1. The molecule has 0 aliphatic carbocycles. The summed E-state index contributed by atoms with van der Waals surface area (Å²) in [5.41, 5.74) is 6.03. The normalized spacial score (nSPS) is 22.8. The summed E-state index contributed by atoms with van der Waals surface area (Å²) in [5.74, 6) is -0.718. The molecule has 1 fully saturated rings. The smallest absolute Gasteiger partial charge is 0.240 e. The van der Waals surface area contributed by atoms with Gasteiger partial charge in [0.05, 0.1) is 25.2 Å². The van der Waals surface area contributed by atoms with Crippen LogP contribution in [0, 0.1) is 0 Å². The fourth-order valence-corrected chi connectivity index (χ4v) is 2.66. The van der Waals surface area contributed by atoms with Crippen molar-refractivity contribution >= 4 is 23.4 Å². The number of nitrogens with two attached hydrogens (primary N) is 1. The zero-order valence-electron chi connectivity index (χ0n) is 12.3. The van der Waals surface area contributed by atoms with Crippen molar-refractivity contribution in [2.75, 3.05) is 13.2 Å². The summed E-state index contributed by atoms with van der Waals surface area (Å²) in [6.07, 6.45) is -0.226. The van der Waals surface area contributed by atoms with Crippen molar-refractivity contribution in [1.29, 1.82) is 0 Å². The predicted molar refractivity (Wildman–Crippen MR) is 83.4 cm³/mol. The Labute approximate surface area is 134 Å². The van der Waals surface area contributed by atoms with Crippen LogP contribution in [0.1, 0.15) is 24.9 Å². The first-order valence-corrected chi connectivity index (χ1v) is 7.54. The molecule has 0 saturated carbocycles. The van der Waals surface area contributed by atoms with E-state index in [9.17, 15) is 9.59 Å². The Balaban J connectivity index is 2.12. The molecule has 6 nitrogen and oxygen atoms in total. The fourth-order valence-electron chi connectivity index (χ4n) is 2.47. The second-order valence-corrected chi connectivity index (χ2v) is 5.73. The third-order valence-electron chi connectivity index (χ3n) is 3.57. The Hall–Kier alpha value is -1.63. The minimum Gasteiger partial charge on any atom is -0.375 e. The Bertz CT molecular complexity index is 553. The summed E-state index contributed by atoms with van der Waals surface area (Å²) < 4.78 is 5.46. The number of hydrogen-bond donors (Lipinski definition) is 3. The molecule has 7 heteroatoms. The summed E-state index contributed by atoms with van der Waals surface area (Å²) in [4.78, 5) is 23.7. The van der Waals surface area contributed by atoms with Gasteiger partial charge in [0, 0.05) is 11.6 Å². The van der Waals surface area contributed by atoms with E-state index >= 15 is 0 Å². The molecule has 0 aromatic heterocycles. The maximum absolute atomic E-state index is 12.4. The zero-order valence-corrected chi connectivity index (χ0v) is 13.1. The first-order chi connectivity index (χ1) is 10.5. The summed E-state index contributed by atoms with van der Waals surface area (Å²) in [5, 5.41) is 6.50. The van der Waals surface area contributed by atoms with Crippen LogP contribution in [0.15, 0.2) is 24.3 Å². The molecule has 1 saturated heterocycles. The van der Waals surface area contributed by atoms with Crippen LogP contribution in [-0.2, 0) is 14.3 Å². The van der Waals surface area contributed by atoms with Crippen LogP contribution in [0.5, 0.6) is 0 Å². The van der Waals surface area contributed by atoms with Crippen molar-refractivity contribution in [1.82, 2.24) is 10.6 Å². The minimum absolute atomic E-state index is 0.00798. The lowest BCUT2D eigenvalue weighted by Crippen LogP contribution is -2.56. The van der Waals surface area contributed by atoms with Crippen molar-refractivity contribution < 1.29 is 14.3 Å². The molecule has 1 aromatic rings. The zero-order chi connectivity index (χ0) is 16.1. The molecule has 0 bridgehead atoms. The summed E-state index contributed by atoms with van der Waals surface area (Å²) in [6.45, 7) is 3.02. The molecule has 2 rings (SSSR count). The highest BCUT2D eigenvalue weighted by molar-refractivity contribution is 6.30. The Morgan fingerprint density at radius 1 is 1.55 bits per heavy atom. The Morgan fingerprint density at radius 3 is 2.95 bits per heavy atom. The Kier molecular flexibility index (Phi) is 5.76. The van der Waals surface area contributed by atoms with Crippen molar-refractivity contribution in [2.24, 2.45) is 5.73 Å². The number of benzene rings is 1. The molecule has 1 heterocycles. The molecule has 1 aliphatic rings. The van der Waals surface area contributed by atoms with Crippen LogP contribution in [0.25, 0.3) is 0 Å². The minimum atomic E-state index is -0.514. The lowest BCUT2D eigenvalue weighted by molar-refractivity contribution is -0.130. The van der Waals surface area contributed by atoms with E-state index in [4.69, 9.17) is 22.1 Å². The molecule has 0 unspecified atom stereocenters. The fraction of sp³-hybridized carbons (Fsp3) is 0.467. The van der Waals surface area contributed by atoms with E-state index in [1.807, 2.05) is 6.92 Å². The van der Waals surface area contributed by atoms with Crippen LogP contribution in [0.2, 0.25) is 5.02 Å². The molecule has 1 aromatic carbocycles. The second-order valence-electron chi connectivity index (χ2n) is 5.29. The SMILES string of the molecule is C[C@H]1OCCN[C@@H]1C(=O)N[C@H](CC(N)=O)c1cccc(Cl)c1. The van der Waals surface area contributed by atoms with Crippen LogP contribution in [-0.4, -0.2) is 37.1 Å². The predicted octanol–water partition coefficient (Wildman–Crippen LogP) is 0.750. The van der Waals surface area contributed by atoms with Crippen LogP contribution in [0.3, 0.4) is 0 Å². The molecular weight excluding hydrogens is 306 g/mol. The van der Waals surface area contributed by atoms with E-state index in [2.05, 4.69) is 10.6 Å². The third-order valence-corrected chi connectivity index (χ3v) is 3.81. The van der Waals surface area contributed by atoms with Crippen LogP contribution in [0.4, 0.5) is 0 Å². The van der Waals surface area contributed by atoms with Gasteiger partial charge in [-0.25, -0.2) is 0 Å². The van der Waals surface area contributed by atoms with Gasteiger partial charge in [-0.15, -0.1) is 0 Å². The molecule has 3 atom stereocenters.